The fraction of sp³-hybridized carbons (Fsp3) is 0.273. The Morgan fingerprint density at radius 2 is 1.87 bits per heavy atom. The van der Waals surface area contributed by atoms with Crippen molar-refractivity contribution in [1.29, 1.82) is 0 Å². The summed E-state index contributed by atoms with van der Waals surface area (Å²) in [6.45, 7) is 1.74. The molecule has 1 aromatic carbocycles. The highest BCUT2D eigenvalue weighted by atomic mass is 16.2. The number of carbonyl (C=O) groups is 2. The van der Waals surface area contributed by atoms with Gasteiger partial charge in [-0.05, 0) is 12.1 Å². The number of nitrogens with zero attached hydrogens (tertiary/aromatic N) is 1. The number of rotatable bonds is 2. The van der Waals surface area contributed by atoms with Crippen LogP contribution in [0.5, 0.6) is 0 Å². The Labute approximate surface area is 88.9 Å². The first kappa shape index (κ1) is 11.2. The van der Waals surface area contributed by atoms with Gasteiger partial charge in [0.1, 0.15) is 0 Å². The lowest BCUT2D eigenvalue weighted by atomic mass is 10.2. The molecule has 0 radical (unpaired) electrons. The minimum absolute atomic E-state index is 0.126. The van der Waals surface area contributed by atoms with Crippen LogP contribution in [0.3, 0.4) is 0 Å². The van der Waals surface area contributed by atoms with E-state index >= 15 is 0 Å². The van der Waals surface area contributed by atoms with E-state index in [0.717, 1.165) is 0 Å². The molecule has 80 valence electrons. The van der Waals surface area contributed by atoms with E-state index in [1.807, 2.05) is 6.07 Å². The van der Waals surface area contributed by atoms with Gasteiger partial charge in [0.2, 0.25) is 5.91 Å². The number of benzene rings is 1. The molecule has 0 aliphatic rings. The smallest absolute Gasteiger partial charge is 0.269 e. The minimum atomic E-state index is -0.278. The molecular formula is C11H14N2O2. The van der Waals surface area contributed by atoms with E-state index in [4.69, 9.17) is 0 Å². The van der Waals surface area contributed by atoms with Gasteiger partial charge >= 0.3 is 0 Å². The second kappa shape index (κ2) is 5.14. The number of hydrogen-bond donors (Lipinski definition) is 1. The topological polar surface area (TPSA) is 49.4 Å². The van der Waals surface area contributed by atoms with Crippen molar-refractivity contribution in [3.8, 4) is 0 Å². The van der Waals surface area contributed by atoms with Crippen LogP contribution in [0.25, 0.3) is 0 Å². The lowest BCUT2D eigenvalue weighted by Gasteiger charge is -2.17. The Morgan fingerprint density at radius 3 is 2.40 bits per heavy atom. The fourth-order valence-corrected chi connectivity index (χ4v) is 1.11. The maximum atomic E-state index is 11.6. The average Bonchev–Trinajstić information content (AvgIpc) is 2.29. The monoisotopic (exact) mass is 206 g/mol. The Bertz CT molecular complexity index is 349. The van der Waals surface area contributed by atoms with Gasteiger partial charge < -0.3 is 0 Å². The second-order valence-corrected chi connectivity index (χ2v) is 3.11. The third-order valence-electron chi connectivity index (χ3n) is 1.98. The number of hydrazine groups is 1. The quantitative estimate of drug-likeness (QED) is 0.739. The van der Waals surface area contributed by atoms with E-state index in [1.54, 1.807) is 31.2 Å². The summed E-state index contributed by atoms with van der Waals surface area (Å²) < 4.78 is 0. The highest BCUT2D eigenvalue weighted by Crippen LogP contribution is 1.98. The lowest BCUT2D eigenvalue weighted by molar-refractivity contribution is -0.131. The standard InChI is InChI=1S/C11H14N2O2/c1-3-10(14)13(2)12-11(15)9-7-5-4-6-8-9/h4-8H,3H2,1-2H3,(H,12,15). The lowest BCUT2D eigenvalue weighted by Crippen LogP contribution is -2.42. The molecule has 4 heteroatoms. The van der Waals surface area contributed by atoms with E-state index in [0.29, 0.717) is 12.0 Å². The number of hydrogen-bond acceptors (Lipinski definition) is 2. The predicted octanol–water partition coefficient (Wildman–Crippen LogP) is 1.20. The molecule has 0 fully saturated rings. The zero-order valence-electron chi connectivity index (χ0n) is 8.86. The van der Waals surface area contributed by atoms with Gasteiger partial charge in [0.15, 0.2) is 0 Å². The first-order chi connectivity index (χ1) is 7.15. The highest BCUT2D eigenvalue weighted by molar-refractivity contribution is 5.95. The fourth-order valence-electron chi connectivity index (χ4n) is 1.11. The van der Waals surface area contributed by atoms with Crippen LogP contribution in [0, 0.1) is 0 Å². The molecule has 15 heavy (non-hydrogen) atoms. The van der Waals surface area contributed by atoms with E-state index in [9.17, 15) is 9.59 Å². The summed E-state index contributed by atoms with van der Waals surface area (Å²) in [6.07, 6.45) is 0.367. The third kappa shape index (κ3) is 3.09. The average molecular weight is 206 g/mol. The SMILES string of the molecule is CCC(=O)N(C)NC(=O)c1ccccc1. The molecule has 2 amide bonds. The van der Waals surface area contributed by atoms with Crippen LogP contribution in [0.1, 0.15) is 23.7 Å². The van der Waals surface area contributed by atoms with Gasteiger partial charge in [0.25, 0.3) is 5.91 Å². The van der Waals surface area contributed by atoms with Gasteiger partial charge in [0.05, 0.1) is 0 Å². The first-order valence-corrected chi connectivity index (χ1v) is 4.77. The number of amides is 2. The van der Waals surface area contributed by atoms with Crippen LogP contribution in [0.15, 0.2) is 30.3 Å². The summed E-state index contributed by atoms with van der Waals surface area (Å²) in [5, 5.41) is 1.20. The molecule has 0 saturated carbocycles. The second-order valence-electron chi connectivity index (χ2n) is 3.11. The van der Waals surface area contributed by atoms with Crippen molar-refractivity contribution in [2.75, 3.05) is 7.05 Å². The van der Waals surface area contributed by atoms with Crippen molar-refractivity contribution in [2.24, 2.45) is 0 Å². The molecular weight excluding hydrogens is 192 g/mol. The summed E-state index contributed by atoms with van der Waals surface area (Å²) in [5.41, 5.74) is 3.03. The number of carbonyl (C=O) groups excluding carboxylic acids is 2. The van der Waals surface area contributed by atoms with Gasteiger partial charge in [0, 0.05) is 19.0 Å². The molecule has 0 atom stereocenters. The van der Waals surface area contributed by atoms with Gasteiger partial charge in [-0.15, -0.1) is 0 Å². The molecule has 4 nitrogen and oxygen atoms in total. The molecule has 0 aliphatic heterocycles. The van der Waals surface area contributed by atoms with Crippen molar-refractivity contribution in [3.63, 3.8) is 0 Å². The normalized spacial score (nSPS) is 9.47. The van der Waals surface area contributed by atoms with E-state index in [-0.39, 0.29) is 11.8 Å². The summed E-state index contributed by atoms with van der Waals surface area (Å²) >= 11 is 0. The third-order valence-corrected chi connectivity index (χ3v) is 1.98. The van der Waals surface area contributed by atoms with Crippen LogP contribution in [-0.2, 0) is 4.79 Å². The van der Waals surface area contributed by atoms with Crippen molar-refractivity contribution in [1.82, 2.24) is 10.4 Å². The van der Waals surface area contributed by atoms with Crippen LogP contribution >= 0.6 is 0 Å². The van der Waals surface area contributed by atoms with Crippen molar-refractivity contribution < 1.29 is 9.59 Å². The molecule has 0 aromatic heterocycles. The summed E-state index contributed by atoms with van der Waals surface area (Å²) in [4.78, 5) is 22.8. The summed E-state index contributed by atoms with van der Waals surface area (Å²) in [7, 11) is 1.53. The zero-order chi connectivity index (χ0) is 11.3. The first-order valence-electron chi connectivity index (χ1n) is 4.77. The summed E-state index contributed by atoms with van der Waals surface area (Å²) in [5.74, 6) is -0.404. The Hall–Kier alpha value is -1.84. The molecule has 0 bridgehead atoms. The Kier molecular flexibility index (Phi) is 3.85. The zero-order valence-corrected chi connectivity index (χ0v) is 8.86. The van der Waals surface area contributed by atoms with Gasteiger partial charge in [-0.25, -0.2) is 0 Å². The minimum Gasteiger partial charge on any atom is -0.273 e. The predicted molar refractivity (Wildman–Crippen MR) is 57.0 cm³/mol. The van der Waals surface area contributed by atoms with E-state index in [1.165, 1.54) is 12.1 Å². The Balaban J connectivity index is 2.61. The van der Waals surface area contributed by atoms with Gasteiger partial charge in [-0.3, -0.25) is 20.0 Å². The molecule has 1 N–H and O–H groups in total. The largest absolute Gasteiger partial charge is 0.273 e. The molecule has 0 heterocycles. The van der Waals surface area contributed by atoms with Crippen LogP contribution in [-0.4, -0.2) is 23.9 Å². The molecule has 1 aromatic rings. The molecule has 0 unspecified atom stereocenters. The highest BCUT2D eigenvalue weighted by Gasteiger charge is 2.10. The van der Waals surface area contributed by atoms with Crippen molar-refractivity contribution >= 4 is 11.8 Å². The maximum absolute atomic E-state index is 11.6. The molecule has 0 aliphatic carbocycles. The van der Waals surface area contributed by atoms with E-state index in [2.05, 4.69) is 5.43 Å². The Morgan fingerprint density at radius 1 is 1.27 bits per heavy atom. The van der Waals surface area contributed by atoms with Crippen molar-refractivity contribution in [3.05, 3.63) is 35.9 Å². The van der Waals surface area contributed by atoms with Crippen molar-refractivity contribution in [2.45, 2.75) is 13.3 Å². The summed E-state index contributed by atoms with van der Waals surface area (Å²) in [6, 6.07) is 8.77. The molecule has 1 rings (SSSR count). The van der Waals surface area contributed by atoms with Crippen LogP contribution < -0.4 is 5.43 Å². The molecule has 0 saturated heterocycles. The van der Waals surface area contributed by atoms with Gasteiger partial charge in [-0.1, -0.05) is 25.1 Å². The maximum Gasteiger partial charge on any atom is 0.269 e. The van der Waals surface area contributed by atoms with E-state index < -0.39 is 0 Å². The van der Waals surface area contributed by atoms with Crippen LogP contribution in [0.2, 0.25) is 0 Å². The molecule has 0 spiro atoms. The van der Waals surface area contributed by atoms with Crippen LogP contribution in [0.4, 0.5) is 0 Å². The van der Waals surface area contributed by atoms with Gasteiger partial charge in [-0.2, -0.15) is 0 Å². The number of nitrogens with one attached hydrogen (secondary N) is 1.